The molecular formula is C16H17BrClFN2. The smallest absolute Gasteiger partial charge is 0.142 e. The van der Waals surface area contributed by atoms with Crippen LogP contribution in [0.4, 0.5) is 10.1 Å². The van der Waals surface area contributed by atoms with E-state index in [0.717, 1.165) is 26.9 Å². The molecule has 0 amide bonds. The van der Waals surface area contributed by atoms with Crippen LogP contribution < -0.4 is 11.1 Å². The van der Waals surface area contributed by atoms with Gasteiger partial charge < -0.3 is 11.1 Å². The van der Waals surface area contributed by atoms with Gasteiger partial charge in [-0.1, -0.05) is 33.6 Å². The highest BCUT2D eigenvalue weighted by atomic mass is 79.9. The van der Waals surface area contributed by atoms with E-state index in [1.165, 1.54) is 6.07 Å². The Morgan fingerprint density at radius 3 is 2.38 bits per heavy atom. The molecule has 1 unspecified atom stereocenters. The van der Waals surface area contributed by atoms with Crippen molar-refractivity contribution >= 4 is 33.2 Å². The summed E-state index contributed by atoms with van der Waals surface area (Å²) in [7, 11) is 0. The molecule has 0 aliphatic rings. The number of rotatable bonds is 4. The van der Waals surface area contributed by atoms with E-state index >= 15 is 0 Å². The number of hydrogen-bond donors (Lipinski definition) is 2. The molecule has 0 saturated carbocycles. The molecule has 2 nitrogen and oxygen atoms in total. The lowest BCUT2D eigenvalue weighted by Gasteiger charge is -2.20. The van der Waals surface area contributed by atoms with Gasteiger partial charge in [0, 0.05) is 16.7 Å². The SMILES string of the molecule is Cc1cc(NC(CN)c2ccc(Cl)c(F)c2)cc(C)c1Br. The van der Waals surface area contributed by atoms with E-state index in [-0.39, 0.29) is 11.1 Å². The van der Waals surface area contributed by atoms with E-state index in [4.69, 9.17) is 17.3 Å². The molecule has 0 saturated heterocycles. The summed E-state index contributed by atoms with van der Waals surface area (Å²) in [6.45, 7) is 4.42. The van der Waals surface area contributed by atoms with Crippen molar-refractivity contribution in [2.24, 2.45) is 5.73 Å². The number of halogens is 3. The zero-order chi connectivity index (χ0) is 15.6. The molecule has 0 fully saturated rings. The standard InChI is InChI=1S/C16H17BrClFN2/c1-9-5-12(6-10(2)16(9)17)21-15(8-20)11-3-4-13(18)14(19)7-11/h3-7,15,21H,8,20H2,1-2H3. The maximum absolute atomic E-state index is 13.6. The van der Waals surface area contributed by atoms with Crippen molar-refractivity contribution in [1.82, 2.24) is 0 Å². The molecule has 112 valence electrons. The second-order valence-corrected chi connectivity index (χ2v) is 6.23. The molecular weight excluding hydrogens is 355 g/mol. The molecule has 2 aromatic carbocycles. The Morgan fingerprint density at radius 1 is 1.24 bits per heavy atom. The van der Waals surface area contributed by atoms with Crippen LogP contribution in [0, 0.1) is 19.7 Å². The molecule has 5 heteroatoms. The average Bonchev–Trinajstić information content (AvgIpc) is 2.45. The Kier molecular flexibility index (Phi) is 5.25. The van der Waals surface area contributed by atoms with Gasteiger partial charge in [0.15, 0.2) is 0 Å². The van der Waals surface area contributed by atoms with Gasteiger partial charge >= 0.3 is 0 Å². The quantitative estimate of drug-likeness (QED) is 0.796. The van der Waals surface area contributed by atoms with Crippen molar-refractivity contribution < 1.29 is 4.39 Å². The molecule has 2 rings (SSSR count). The minimum absolute atomic E-state index is 0.116. The fraction of sp³-hybridized carbons (Fsp3) is 0.250. The minimum Gasteiger partial charge on any atom is -0.377 e. The summed E-state index contributed by atoms with van der Waals surface area (Å²) in [5.74, 6) is -0.433. The predicted octanol–water partition coefficient (Wildman–Crippen LogP) is 4.97. The third-order valence-electron chi connectivity index (χ3n) is 3.36. The lowest BCUT2D eigenvalue weighted by atomic mass is 10.1. The van der Waals surface area contributed by atoms with Crippen molar-refractivity contribution in [3.05, 3.63) is 62.3 Å². The lowest BCUT2D eigenvalue weighted by Crippen LogP contribution is -2.20. The highest BCUT2D eigenvalue weighted by Gasteiger charge is 2.13. The van der Waals surface area contributed by atoms with Crippen LogP contribution in [0.2, 0.25) is 5.02 Å². The summed E-state index contributed by atoms with van der Waals surface area (Å²) in [6.07, 6.45) is 0. The number of anilines is 1. The molecule has 0 aromatic heterocycles. The van der Waals surface area contributed by atoms with Crippen molar-refractivity contribution in [3.63, 3.8) is 0 Å². The predicted molar refractivity (Wildman–Crippen MR) is 90.4 cm³/mol. The molecule has 1 atom stereocenters. The number of hydrogen-bond acceptors (Lipinski definition) is 2. The van der Waals surface area contributed by atoms with E-state index in [0.29, 0.717) is 6.54 Å². The monoisotopic (exact) mass is 370 g/mol. The first-order valence-corrected chi connectivity index (χ1v) is 7.77. The zero-order valence-corrected chi connectivity index (χ0v) is 14.2. The molecule has 0 bridgehead atoms. The third kappa shape index (κ3) is 3.76. The van der Waals surface area contributed by atoms with Crippen LogP contribution in [0.1, 0.15) is 22.7 Å². The number of aryl methyl sites for hydroxylation is 2. The second kappa shape index (κ2) is 6.77. The van der Waals surface area contributed by atoms with E-state index in [9.17, 15) is 4.39 Å². The number of benzene rings is 2. The fourth-order valence-electron chi connectivity index (χ4n) is 2.24. The molecule has 3 N–H and O–H groups in total. The van der Waals surface area contributed by atoms with E-state index in [1.807, 2.05) is 26.0 Å². The van der Waals surface area contributed by atoms with Crippen LogP contribution in [0.3, 0.4) is 0 Å². The Bertz CT molecular complexity index is 638. The van der Waals surface area contributed by atoms with Crippen molar-refractivity contribution in [2.45, 2.75) is 19.9 Å². The first kappa shape index (κ1) is 16.3. The first-order chi connectivity index (χ1) is 9.92. The van der Waals surface area contributed by atoms with Crippen LogP contribution >= 0.6 is 27.5 Å². The van der Waals surface area contributed by atoms with Crippen molar-refractivity contribution in [2.75, 3.05) is 11.9 Å². The Labute approximate surface area is 137 Å². The molecule has 0 heterocycles. The van der Waals surface area contributed by atoms with Crippen LogP contribution in [0.25, 0.3) is 0 Å². The van der Waals surface area contributed by atoms with Crippen LogP contribution in [0.15, 0.2) is 34.8 Å². The van der Waals surface area contributed by atoms with Crippen LogP contribution in [-0.4, -0.2) is 6.54 Å². The molecule has 0 spiro atoms. The lowest BCUT2D eigenvalue weighted by molar-refractivity contribution is 0.623. The van der Waals surface area contributed by atoms with E-state index in [2.05, 4.69) is 21.2 Å². The number of nitrogens with two attached hydrogens (primary N) is 1. The summed E-state index contributed by atoms with van der Waals surface area (Å²) in [4.78, 5) is 0. The fourth-order valence-corrected chi connectivity index (χ4v) is 2.58. The van der Waals surface area contributed by atoms with Gasteiger partial charge in [-0.2, -0.15) is 0 Å². The van der Waals surface area contributed by atoms with Gasteiger partial charge in [-0.3, -0.25) is 0 Å². The average molecular weight is 372 g/mol. The van der Waals surface area contributed by atoms with Gasteiger partial charge in [-0.05, 0) is 54.8 Å². The molecule has 0 aliphatic carbocycles. The summed E-state index contributed by atoms with van der Waals surface area (Å²) >= 11 is 9.26. The highest BCUT2D eigenvalue weighted by molar-refractivity contribution is 9.10. The van der Waals surface area contributed by atoms with Crippen molar-refractivity contribution in [1.29, 1.82) is 0 Å². The van der Waals surface area contributed by atoms with Gasteiger partial charge in [-0.15, -0.1) is 0 Å². The first-order valence-electron chi connectivity index (χ1n) is 6.60. The van der Waals surface area contributed by atoms with Crippen LogP contribution in [-0.2, 0) is 0 Å². The maximum atomic E-state index is 13.6. The largest absolute Gasteiger partial charge is 0.377 e. The molecule has 2 aromatic rings. The van der Waals surface area contributed by atoms with Gasteiger partial charge in [0.05, 0.1) is 11.1 Å². The Morgan fingerprint density at radius 2 is 1.86 bits per heavy atom. The summed E-state index contributed by atoms with van der Waals surface area (Å²) < 4.78 is 14.7. The molecule has 21 heavy (non-hydrogen) atoms. The summed E-state index contributed by atoms with van der Waals surface area (Å²) in [6, 6.07) is 8.66. The summed E-state index contributed by atoms with van der Waals surface area (Å²) in [5.41, 5.74) is 9.82. The highest BCUT2D eigenvalue weighted by Crippen LogP contribution is 2.28. The maximum Gasteiger partial charge on any atom is 0.142 e. The van der Waals surface area contributed by atoms with Gasteiger partial charge in [0.2, 0.25) is 0 Å². The molecule has 0 radical (unpaired) electrons. The normalized spacial score (nSPS) is 12.3. The van der Waals surface area contributed by atoms with Crippen molar-refractivity contribution in [3.8, 4) is 0 Å². The Hall–Kier alpha value is -1.10. The van der Waals surface area contributed by atoms with Gasteiger partial charge in [0.1, 0.15) is 5.82 Å². The van der Waals surface area contributed by atoms with E-state index in [1.54, 1.807) is 12.1 Å². The Balaban J connectivity index is 2.28. The van der Waals surface area contributed by atoms with Crippen LogP contribution in [0.5, 0.6) is 0 Å². The summed E-state index contributed by atoms with van der Waals surface area (Å²) in [5, 5.41) is 3.46. The molecule has 0 aliphatic heterocycles. The third-order valence-corrected chi connectivity index (χ3v) is 4.92. The van der Waals surface area contributed by atoms with Gasteiger partial charge in [0.25, 0.3) is 0 Å². The topological polar surface area (TPSA) is 38.0 Å². The van der Waals surface area contributed by atoms with E-state index < -0.39 is 5.82 Å². The zero-order valence-electron chi connectivity index (χ0n) is 11.9. The second-order valence-electron chi connectivity index (χ2n) is 5.03. The minimum atomic E-state index is -0.433. The number of nitrogens with one attached hydrogen (secondary N) is 1. The van der Waals surface area contributed by atoms with Gasteiger partial charge in [-0.25, -0.2) is 4.39 Å².